The topological polar surface area (TPSA) is 87.5 Å². The van der Waals surface area contributed by atoms with Crippen molar-refractivity contribution >= 4 is 39.5 Å². The van der Waals surface area contributed by atoms with Crippen LogP contribution >= 0.6 is 15.9 Å². The fourth-order valence-electron chi connectivity index (χ4n) is 2.85. The number of aliphatic imine (C=N–C) groups is 1. The average Bonchev–Trinajstić information content (AvgIpc) is 3.00. The molecule has 3 aromatic rings. The van der Waals surface area contributed by atoms with Gasteiger partial charge in [-0.05, 0) is 42.5 Å². The average molecular weight is 428 g/mol. The Balaban J connectivity index is 1.93. The van der Waals surface area contributed by atoms with E-state index in [9.17, 15) is 19.1 Å². The Bertz CT molecular complexity index is 1260. The van der Waals surface area contributed by atoms with E-state index < -0.39 is 22.9 Å². The highest BCUT2D eigenvalue weighted by Gasteiger charge is 2.18. The number of hydrogen-bond acceptors (Lipinski definition) is 4. The van der Waals surface area contributed by atoms with Gasteiger partial charge < -0.3 is 5.11 Å². The number of allylic oxidation sites excluding steroid dienone is 1. The summed E-state index contributed by atoms with van der Waals surface area (Å²) in [7, 11) is 0. The minimum absolute atomic E-state index is 0.0941. The minimum atomic E-state index is -0.867. The number of halogens is 2. The number of H-pyrrole nitrogens is 1. The smallest absolute Gasteiger partial charge is 0.335 e. The molecule has 1 aromatic heterocycles. The van der Waals surface area contributed by atoms with Crippen LogP contribution in [0.3, 0.4) is 0 Å². The van der Waals surface area contributed by atoms with Crippen LogP contribution in [0.1, 0.15) is 11.1 Å². The van der Waals surface area contributed by atoms with Crippen LogP contribution in [0, 0.1) is 5.82 Å². The van der Waals surface area contributed by atoms with Gasteiger partial charge in [-0.2, -0.15) is 0 Å². The van der Waals surface area contributed by atoms with Gasteiger partial charge in [-0.1, -0.05) is 22.0 Å². The van der Waals surface area contributed by atoms with Crippen molar-refractivity contribution in [3.63, 3.8) is 0 Å². The van der Waals surface area contributed by atoms with Gasteiger partial charge in [-0.15, -0.1) is 0 Å². The predicted octanol–water partition coefficient (Wildman–Crippen LogP) is 3.39. The molecule has 0 fully saturated rings. The molecule has 0 atom stereocenters. The second-order valence-corrected chi connectivity index (χ2v) is 6.75. The van der Waals surface area contributed by atoms with E-state index in [2.05, 4.69) is 25.9 Å². The molecule has 4 rings (SSSR count). The summed E-state index contributed by atoms with van der Waals surface area (Å²) in [6, 6.07) is 10.6. The monoisotopic (exact) mass is 427 g/mol. The zero-order chi connectivity index (χ0) is 19.1. The first-order chi connectivity index (χ1) is 12.9. The van der Waals surface area contributed by atoms with E-state index in [-0.39, 0.29) is 11.3 Å². The summed E-state index contributed by atoms with van der Waals surface area (Å²) < 4.78 is 15.2. The first kappa shape index (κ1) is 17.2. The van der Waals surface area contributed by atoms with Crippen molar-refractivity contribution in [2.75, 3.05) is 0 Å². The third kappa shape index (κ3) is 3.04. The number of aromatic amines is 1. The lowest BCUT2D eigenvalue weighted by Gasteiger charge is -2.10. The van der Waals surface area contributed by atoms with Crippen LogP contribution in [0.2, 0.25) is 0 Å². The van der Waals surface area contributed by atoms with E-state index in [1.807, 2.05) is 18.2 Å². The van der Waals surface area contributed by atoms with Crippen molar-refractivity contribution in [2.45, 2.75) is 0 Å². The molecule has 6 nitrogen and oxygen atoms in total. The van der Waals surface area contributed by atoms with Gasteiger partial charge in [0, 0.05) is 21.8 Å². The highest BCUT2D eigenvalue weighted by molar-refractivity contribution is 9.10. The van der Waals surface area contributed by atoms with Gasteiger partial charge in [0.2, 0.25) is 5.88 Å². The number of rotatable bonds is 2. The molecule has 2 aromatic carbocycles. The van der Waals surface area contributed by atoms with E-state index in [4.69, 9.17) is 0 Å². The Morgan fingerprint density at radius 3 is 2.78 bits per heavy atom. The van der Waals surface area contributed by atoms with Crippen LogP contribution in [0.25, 0.3) is 17.3 Å². The minimum Gasteiger partial charge on any atom is -0.494 e. The van der Waals surface area contributed by atoms with E-state index >= 15 is 0 Å². The van der Waals surface area contributed by atoms with Gasteiger partial charge in [0.25, 0.3) is 5.56 Å². The Labute approximate surface area is 160 Å². The third-order valence-corrected chi connectivity index (χ3v) is 4.59. The highest BCUT2D eigenvalue weighted by atomic mass is 79.9. The van der Waals surface area contributed by atoms with E-state index in [1.165, 1.54) is 24.3 Å². The van der Waals surface area contributed by atoms with E-state index in [0.717, 1.165) is 26.4 Å². The Morgan fingerprint density at radius 2 is 2.00 bits per heavy atom. The van der Waals surface area contributed by atoms with Crippen LogP contribution in [0.5, 0.6) is 5.88 Å². The van der Waals surface area contributed by atoms with Crippen molar-refractivity contribution in [1.82, 2.24) is 9.55 Å². The van der Waals surface area contributed by atoms with Gasteiger partial charge in [-0.3, -0.25) is 14.8 Å². The molecular weight excluding hydrogens is 417 g/mol. The SMILES string of the molecule is O=c1[nH]c(=O)n(-c2cccc(F)c2)c(O)c1C=C1C=Nc2ccc(Br)cc21. The van der Waals surface area contributed by atoms with Crippen molar-refractivity contribution in [1.29, 1.82) is 0 Å². The molecule has 2 heterocycles. The normalized spacial score (nSPS) is 13.9. The Morgan fingerprint density at radius 1 is 1.19 bits per heavy atom. The second-order valence-electron chi connectivity index (χ2n) is 5.83. The molecule has 0 bridgehead atoms. The zero-order valence-electron chi connectivity index (χ0n) is 13.6. The Kier molecular flexibility index (Phi) is 4.12. The second kappa shape index (κ2) is 6.48. The highest BCUT2D eigenvalue weighted by Crippen LogP contribution is 2.35. The lowest BCUT2D eigenvalue weighted by Crippen LogP contribution is -2.30. The third-order valence-electron chi connectivity index (χ3n) is 4.10. The lowest BCUT2D eigenvalue weighted by atomic mass is 10.1. The first-order valence-electron chi connectivity index (χ1n) is 7.84. The van der Waals surface area contributed by atoms with Crippen molar-refractivity contribution in [3.8, 4) is 11.6 Å². The van der Waals surface area contributed by atoms with Gasteiger partial charge >= 0.3 is 5.69 Å². The molecule has 134 valence electrons. The number of aromatic hydroxyl groups is 1. The van der Waals surface area contributed by atoms with Crippen molar-refractivity contribution in [3.05, 3.63) is 84.7 Å². The number of hydrogen-bond donors (Lipinski definition) is 2. The lowest BCUT2D eigenvalue weighted by molar-refractivity contribution is 0.429. The van der Waals surface area contributed by atoms with E-state index in [1.54, 1.807) is 6.21 Å². The number of nitrogens with one attached hydrogen (secondary N) is 1. The van der Waals surface area contributed by atoms with Crippen LogP contribution < -0.4 is 11.2 Å². The summed E-state index contributed by atoms with van der Waals surface area (Å²) in [6.45, 7) is 0. The zero-order valence-corrected chi connectivity index (χ0v) is 15.2. The quantitative estimate of drug-likeness (QED) is 0.656. The molecule has 0 radical (unpaired) electrons. The molecule has 1 aliphatic heterocycles. The van der Waals surface area contributed by atoms with Gasteiger partial charge in [-0.25, -0.2) is 13.8 Å². The summed E-state index contributed by atoms with van der Waals surface area (Å²) in [5.74, 6) is -1.16. The van der Waals surface area contributed by atoms with Gasteiger partial charge in [0.1, 0.15) is 11.4 Å². The number of nitrogens with zero attached hydrogens (tertiary/aromatic N) is 2. The maximum absolute atomic E-state index is 13.5. The number of benzene rings is 2. The molecule has 1 aliphatic rings. The summed E-state index contributed by atoms with van der Waals surface area (Å²) in [4.78, 5) is 30.9. The van der Waals surface area contributed by atoms with Crippen LogP contribution in [-0.2, 0) is 0 Å². The van der Waals surface area contributed by atoms with Crippen LogP contribution in [0.4, 0.5) is 10.1 Å². The summed E-state index contributed by atoms with van der Waals surface area (Å²) >= 11 is 3.38. The molecule has 2 N–H and O–H groups in total. The van der Waals surface area contributed by atoms with Crippen molar-refractivity contribution < 1.29 is 9.50 Å². The van der Waals surface area contributed by atoms with Gasteiger partial charge in [0.05, 0.1) is 11.4 Å². The van der Waals surface area contributed by atoms with Crippen molar-refractivity contribution in [2.24, 2.45) is 4.99 Å². The molecule has 27 heavy (non-hydrogen) atoms. The molecule has 0 unspecified atom stereocenters. The molecule has 0 amide bonds. The maximum Gasteiger partial charge on any atom is 0.335 e. The number of fused-ring (bicyclic) bond motifs is 1. The summed E-state index contributed by atoms with van der Waals surface area (Å²) in [5.41, 5.74) is 0.426. The Hall–Kier alpha value is -3.26. The predicted molar refractivity (Wildman–Crippen MR) is 104 cm³/mol. The number of aromatic nitrogens is 2. The fourth-order valence-corrected chi connectivity index (χ4v) is 3.22. The molecule has 0 aliphatic carbocycles. The molecular formula is C19H11BrFN3O3. The first-order valence-corrected chi connectivity index (χ1v) is 8.63. The fraction of sp³-hybridized carbons (Fsp3) is 0. The van der Waals surface area contributed by atoms with Crippen LogP contribution in [0.15, 0.2) is 61.5 Å². The van der Waals surface area contributed by atoms with E-state index in [0.29, 0.717) is 5.57 Å². The molecule has 8 heteroatoms. The summed E-state index contributed by atoms with van der Waals surface area (Å²) in [5, 5.41) is 10.6. The largest absolute Gasteiger partial charge is 0.494 e. The maximum atomic E-state index is 13.5. The summed E-state index contributed by atoms with van der Waals surface area (Å²) in [6.07, 6.45) is 3.00. The standard InChI is InChI=1S/C19H11BrFN3O3/c20-11-4-5-16-14(7-11)10(9-22-16)6-15-17(25)23-19(27)24(18(15)26)13-3-1-2-12(21)8-13/h1-9,26H,(H,23,25,27). The molecule has 0 saturated carbocycles. The van der Waals surface area contributed by atoms with Crippen LogP contribution in [-0.4, -0.2) is 20.9 Å². The molecule has 0 spiro atoms. The van der Waals surface area contributed by atoms with Gasteiger partial charge in [0.15, 0.2) is 0 Å². The molecule has 0 saturated heterocycles.